The van der Waals surface area contributed by atoms with Crippen LogP contribution >= 0.6 is 0 Å². The first-order valence-electron chi connectivity index (χ1n) is 9.83. The van der Waals surface area contributed by atoms with Crippen molar-refractivity contribution in [2.75, 3.05) is 11.9 Å². The van der Waals surface area contributed by atoms with E-state index < -0.39 is 17.2 Å². The van der Waals surface area contributed by atoms with Gasteiger partial charge in [0.25, 0.3) is 0 Å². The molecule has 4 rings (SSSR count). The van der Waals surface area contributed by atoms with Crippen LogP contribution in [-0.2, 0) is 6.42 Å². The smallest absolute Gasteiger partial charge is 0.337 e. The second kappa shape index (κ2) is 8.44. The molecule has 5 nitrogen and oxygen atoms in total. The van der Waals surface area contributed by atoms with E-state index in [1.54, 1.807) is 54.6 Å². The van der Waals surface area contributed by atoms with E-state index in [4.69, 9.17) is 4.42 Å². The van der Waals surface area contributed by atoms with E-state index in [1.165, 1.54) is 6.07 Å². The molecule has 0 radical (unpaired) electrons. The van der Waals surface area contributed by atoms with Crippen molar-refractivity contribution in [1.29, 1.82) is 0 Å². The third kappa shape index (κ3) is 4.05. The summed E-state index contributed by atoms with van der Waals surface area (Å²) < 4.78 is 20.7. The van der Waals surface area contributed by atoms with E-state index in [1.807, 2.05) is 13.0 Å². The van der Waals surface area contributed by atoms with Crippen molar-refractivity contribution in [1.82, 2.24) is 0 Å². The van der Waals surface area contributed by atoms with E-state index in [0.717, 1.165) is 11.1 Å². The van der Waals surface area contributed by atoms with Crippen LogP contribution in [0.15, 0.2) is 75.9 Å². The lowest BCUT2D eigenvalue weighted by atomic mass is 10.0. The Labute approximate surface area is 177 Å². The van der Waals surface area contributed by atoms with Gasteiger partial charge < -0.3 is 14.8 Å². The lowest BCUT2D eigenvalue weighted by Gasteiger charge is -2.12. The fourth-order valence-electron chi connectivity index (χ4n) is 3.62. The molecule has 0 atom stereocenters. The van der Waals surface area contributed by atoms with Crippen molar-refractivity contribution in [3.05, 3.63) is 99.5 Å². The molecular formula is C25H20FNO4. The first-order chi connectivity index (χ1) is 15.0. The van der Waals surface area contributed by atoms with Gasteiger partial charge in [-0.25, -0.2) is 4.79 Å². The Kier molecular flexibility index (Phi) is 5.54. The van der Waals surface area contributed by atoms with Gasteiger partial charge in [0.2, 0.25) is 11.2 Å². The van der Waals surface area contributed by atoms with Gasteiger partial charge in [0.05, 0.1) is 10.9 Å². The van der Waals surface area contributed by atoms with Gasteiger partial charge in [0, 0.05) is 17.8 Å². The summed E-state index contributed by atoms with van der Waals surface area (Å²) in [5.41, 5.74) is 2.36. The van der Waals surface area contributed by atoms with Crippen molar-refractivity contribution < 1.29 is 18.7 Å². The highest BCUT2D eigenvalue weighted by Gasteiger charge is 2.18. The third-order valence-corrected chi connectivity index (χ3v) is 5.06. The average molecular weight is 417 g/mol. The Balaban J connectivity index is 1.72. The summed E-state index contributed by atoms with van der Waals surface area (Å²) in [5, 5.41) is 12.6. The fourth-order valence-corrected chi connectivity index (χ4v) is 3.62. The van der Waals surface area contributed by atoms with Gasteiger partial charge in [0.1, 0.15) is 5.58 Å². The number of carbonyl (C=O) groups is 1. The zero-order valence-corrected chi connectivity index (χ0v) is 16.8. The molecular weight excluding hydrogens is 397 g/mol. The molecule has 4 aromatic rings. The van der Waals surface area contributed by atoms with Gasteiger partial charge in [-0.3, -0.25) is 4.79 Å². The van der Waals surface area contributed by atoms with Crippen LogP contribution in [0.3, 0.4) is 0 Å². The molecule has 0 aliphatic carbocycles. The summed E-state index contributed by atoms with van der Waals surface area (Å²) in [6.07, 6.45) is 0.453. The molecule has 0 saturated heterocycles. The molecule has 0 amide bonds. The van der Waals surface area contributed by atoms with Crippen LogP contribution in [0.4, 0.5) is 10.1 Å². The van der Waals surface area contributed by atoms with E-state index >= 15 is 0 Å². The van der Waals surface area contributed by atoms with Gasteiger partial charge in [-0.1, -0.05) is 48.5 Å². The number of hydrogen-bond acceptors (Lipinski definition) is 4. The molecule has 1 aromatic heterocycles. The van der Waals surface area contributed by atoms with Crippen LogP contribution in [-0.4, -0.2) is 17.6 Å². The van der Waals surface area contributed by atoms with Crippen molar-refractivity contribution in [3.63, 3.8) is 0 Å². The Morgan fingerprint density at radius 1 is 1.06 bits per heavy atom. The molecule has 2 N–H and O–H groups in total. The first kappa shape index (κ1) is 20.3. The zero-order valence-electron chi connectivity index (χ0n) is 16.8. The van der Waals surface area contributed by atoms with Gasteiger partial charge in [-0.15, -0.1) is 0 Å². The highest BCUT2D eigenvalue weighted by molar-refractivity contribution is 5.94. The predicted molar refractivity (Wildman–Crippen MR) is 118 cm³/mol. The summed E-state index contributed by atoms with van der Waals surface area (Å²) in [7, 11) is 0. The minimum Gasteiger partial charge on any atom is -0.478 e. The monoisotopic (exact) mass is 417 g/mol. The molecule has 6 heteroatoms. The molecule has 0 unspecified atom stereocenters. The molecule has 0 spiro atoms. The molecule has 0 aliphatic rings. The minimum atomic E-state index is -1.02. The van der Waals surface area contributed by atoms with Crippen molar-refractivity contribution in [2.45, 2.75) is 13.3 Å². The number of carboxylic acid groups (broad SMARTS) is 1. The Hall–Kier alpha value is -3.93. The van der Waals surface area contributed by atoms with Gasteiger partial charge >= 0.3 is 5.97 Å². The van der Waals surface area contributed by atoms with Crippen LogP contribution in [0.5, 0.6) is 0 Å². The normalized spacial score (nSPS) is 10.9. The number of aromatic carboxylic acids is 1. The topological polar surface area (TPSA) is 79.5 Å². The minimum absolute atomic E-state index is 0.0904. The summed E-state index contributed by atoms with van der Waals surface area (Å²) in [4.78, 5) is 24.1. The largest absolute Gasteiger partial charge is 0.478 e. The van der Waals surface area contributed by atoms with Gasteiger partial charge in [0.15, 0.2) is 5.76 Å². The quantitative estimate of drug-likeness (QED) is 0.447. The standard InChI is InChI=1S/C25H20FNO4/c1-15-13-17(11-12-27-20-10-6-5-9-18(20)25(29)30)23-19(14-15)22(28)21(26)24(31-23)16-7-3-2-4-8-16/h2-10,13-14,27H,11-12H2,1H3,(H,29,30). The van der Waals surface area contributed by atoms with Crippen LogP contribution in [0.2, 0.25) is 0 Å². The molecule has 156 valence electrons. The summed E-state index contributed by atoms with van der Waals surface area (Å²) in [6.45, 7) is 2.24. The maximum absolute atomic E-state index is 14.8. The maximum Gasteiger partial charge on any atom is 0.337 e. The maximum atomic E-state index is 14.8. The number of para-hydroxylation sites is 1. The highest BCUT2D eigenvalue weighted by atomic mass is 19.1. The van der Waals surface area contributed by atoms with Gasteiger partial charge in [-0.2, -0.15) is 4.39 Å². The number of rotatable bonds is 6. The van der Waals surface area contributed by atoms with Crippen LogP contribution < -0.4 is 10.7 Å². The number of anilines is 1. The second-order valence-electron chi connectivity index (χ2n) is 7.27. The number of carboxylic acids is 1. The summed E-state index contributed by atoms with van der Waals surface area (Å²) in [5.74, 6) is -2.02. The zero-order chi connectivity index (χ0) is 22.0. The van der Waals surface area contributed by atoms with Crippen LogP contribution in [0.1, 0.15) is 21.5 Å². The van der Waals surface area contributed by atoms with Crippen LogP contribution in [0.25, 0.3) is 22.3 Å². The molecule has 0 saturated carbocycles. The first-order valence-corrected chi connectivity index (χ1v) is 9.83. The highest BCUT2D eigenvalue weighted by Crippen LogP contribution is 2.28. The lowest BCUT2D eigenvalue weighted by molar-refractivity contribution is 0.0698. The Bertz CT molecular complexity index is 1330. The molecule has 3 aromatic carbocycles. The number of nitrogens with one attached hydrogen (secondary N) is 1. The van der Waals surface area contributed by atoms with Crippen molar-refractivity contribution >= 4 is 22.6 Å². The summed E-state index contributed by atoms with van der Waals surface area (Å²) in [6, 6.07) is 18.8. The number of fused-ring (bicyclic) bond motifs is 1. The van der Waals surface area contributed by atoms with Gasteiger partial charge in [-0.05, 0) is 42.7 Å². The van der Waals surface area contributed by atoms with E-state index in [9.17, 15) is 19.1 Å². The number of benzene rings is 3. The lowest BCUT2D eigenvalue weighted by Crippen LogP contribution is -2.12. The molecule has 0 aliphatic heterocycles. The van der Waals surface area contributed by atoms with E-state index in [2.05, 4.69) is 5.32 Å². The molecule has 0 fully saturated rings. The van der Waals surface area contributed by atoms with E-state index in [-0.39, 0.29) is 16.7 Å². The van der Waals surface area contributed by atoms with E-state index in [0.29, 0.717) is 29.8 Å². The van der Waals surface area contributed by atoms with Crippen molar-refractivity contribution in [2.24, 2.45) is 0 Å². The molecule has 0 bridgehead atoms. The number of hydrogen-bond donors (Lipinski definition) is 2. The number of halogens is 1. The Morgan fingerprint density at radius 2 is 1.77 bits per heavy atom. The average Bonchev–Trinajstić information content (AvgIpc) is 2.77. The predicted octanol–water partition coefficient (Wildman–Crippen LogP) is 5.26. The summed E-state index contributed by atoms with van der Waals surface area (Å²) >= 11 is 0. The SMILES string of the molecule is Cc1cc(CCNc2ccccc2C(=O)O)c2oc(-c3ccccc3)c(F)c(=O)c2c1. The third-order valence-electron chi connectivity index (χ3n) is 5.06. The van der Waals surface area contributed by atoms with Crippen LogP contribution in [0, 0.1) is 12.7 Å². The Morgan fingerprint density at radius 3 is 2.52 bits per heavy atom. The second-order valence-corrected chi connectivity index (χ2v) is 7.27. The number of aryl methyl sites for hydroxylation is 1. The molecule has 1 heterocycles. The molecule has 31 heavy (non-hydrogen) atoms. The fraction of sp³-hybridized carbons (Fsp3) is 0.120. The van der Waals surface area contributed by atoms with Crippen molar-refractivity contribution in [3.8, 4) is 11.3 Å².